The van der Waals surface area contributed by atoms with Crippen LogP contribution in [-0.4, -0.2) is 43.8 Å². The average Bonchev–Trinajstić information content (AvgIpc) is 3.46. The first-order valence-electron chi connectivity index (χ1n) is 11.0. The van der Waals surface area contributed by atoms with Crippen LogP contribution in [0.4, 0.5) is 0 Å². The molecule has 8 nitrogen and oxygen atoms in total. The number of sulfonamides is 1. The highest BCUT2D eigenvalue weighted by Gasteiger charge is 2.35. The second kappa shape index (κ2) is 11.2. The van der Waals surface area contributed by atoms with Crippen molar-refractivity contribution in [2.75, 3.05) is 6.54 Å². The summed E-state index contributed by atoms with van der Waals surface area (Å²) >= 11 is 5.83. The Morgan fingerprint density at radius 3 is 2.39 bits per heavy atom. The van der Waals surface area contributed by atoms with E-state index in [0.717, 1.165) is 25.7 Å². The van der Waals surface area contributed by atoms with E-state index in [0.29, 0.717) is 10.8 Å². The lowest BCUT2D eigenvalue weighted by Gasteiger charge is -2.34. The van der Waals surface area contributed by atoms with Crippen LogP contribution in [0, 0.1) is 5.92 Å². The normalized spacial score (nSPS) is 15.5. The first-order chi connectivity index (χ1) is 15.7. The number of nitrogens with one attached hydrogen (secondary N) is 2. The van der Waals surface area contributed by atoms with Gasteiger partial charge in [0.1, 0.15) is 11.8 Å². The Hall–Kier alpha value is -2.36. The average molecular weight is 496 g/mol. The van der Waals surface area contributed by atoms with Gasteiger partial charge in [-0.05, 0) is 55.2 Å². The van der Waals surface area contributed by atoms with Crippen LogP contribution < -0.4 is 10.0 Å². The number of amides is 2. The summed E-state index contributed by atoms with van der Waals surface area (Å²) < 4.78 is 33.0. The van der Waals surface area contributed by atoms with Crippen molar-refractivity contribution < 1.29 is 22.4 Å². The number of nitrogens with zero attached hydrogens (tertiary/aromatic N) is 1. The Labute approximate surface area is 199 Å². The van der Waals surface area contributed by atoms with E-state index in [1.54, 1.807) is 12.1 Å². The number of furan rings is 1. The number of benzene rings is 1. The fourth-order valence-corrected chi connectivity index (χ4v) is 5.13. The van der Waals surface area contributed by atoms with Crippen LogP contribution in [0.25, 0.3) is 0 Å². The summed E-state index contributed by atoms with van der Waals surface area (Å²) in [5, 5.41) is 3.47. The van der Waals surface area contributed by atoms with Gasteiger partial charge in [-0.15, -0.1) is 0 Å². The van der Waals surface area contributed by atoms with E-state index in [4.69, 9.17) is 16.0 Å². The predicted molar refractivity (Wildman–Crippen MR) is 125 cm³/mol. The van der Waals surface area contributed by atoms with Gasteiger partial charge < -0.3 is 14.6 Å². The smallest absolute Gasteiger partial charge is 0.243 e. The van der Waals surface area contributed by atoms with Gasteiger partial charge in [-0.3, -0.25) is 9.59 Å². The van der Waals surface area contributed by atoms with E-state index in [9.17, 15) is 18.0 Å². The van der Waals surface area contributed by atoms with Gasteiger partial charge in [0.25, 0.3) is 0 Å². The summed E-state index contributed by atoms with van der Waals surface area (Å²) in [5.74, 6) is -0.456. The maximum absolute atomic E-state index is 13.2. The fraction of sp³-hybridized carbons (Fsp3) is 0.478. The lowest BCUT2D eigenvalue weighted by Crippen LogP contribution is -2.55. The Morgan fingerprint density at radius 2 is 1.82 bits per heavy atom. The summed E-state index contributed by atoms with van der Waals surface area (Å²) in [6, 6.07) is 8.39. The van der Waals surface area contributed by atoms with Gasteiger partial charge >= 0.3 is 0 Å². The van der Waals surface area contributed by atoms with Crippen molar-refractivity contribution in [3.8, 4) is 0 Å². The maximum atomic E-state index is 13.2. The van der Waals surface area contributed by atoms with Crippen molar-refractivity contribution >= 4 is 33.4 Å². The zero-order valence-corrected chi connectivity index (χ0v) is 20.4. The molecule has 1 unspecified atom stereocenters. The lowest BCUT2D eigenvalue weighted by molar-refractivity contribution is -0.142. The summed E-state index contributed by atoms with van der Waals surface area (Å²) in [5.41, 5.74) is 0. The molecule has 0 radical (unpaired) electrons. The van der Waals surface area contributed by atoms with Crippen molar-refractivity contribution in [1.29, 1.82) is 0 Å². The molecule has 1 saturated carbocycles. The molecule has 0 saturated heterocycles. The van der Waals surface area contributed by atoms with E-state index in [2.05, 4.69) is 10.0 Å². The molecule has 1 atom stereocenters. The maximum Gasteiger partial charge on any atom is 0.243 e. The second-order valence-electron chi connectivity index (χ2n) is 8.56. The minimum absolute atomic E-state index is 0.00308. The molecule has 3 rings (SSSR count). The van der Waals surface area contributed by atoms with E-state index in [1.165, 1.54) is 35.4 Å². The molecular weight excluding hydrogens is 466 g/mol. The molecule has 1 aliphatic carbocycles. The first kappa shape index (κ1) is 25.3. The van der Waals surface area contributed by atoms with Crippen molar-refractivity contribution in [1.82, 2.24) is 14.9 Å². The molecule has 0 spiro atoms. The number of halogens is 1. The molecule has 180 valence electrons. The molecule has 1 aromatic heterocycles. The Bertz CT molecular complexity index is 1030. The minimum atomic E-state index is -3.93. The molecule has 1 aromatic carbocycles. The highest BCUT2D eigenvalue weighted by Crippen LogP contribution is 2.21. The van der Waals surface area contributed by atoms with E-state index < -0.39 is 28.5 Å². The van der Waals surface area contributed by atoms with Crippen molar-refractivity contribution in [2.24, 2.45) is 5.92 Å². The largest absolute Gasteiger partial charge is 0.467 e. The van der Waals surface area contributed by atoms with Crippen LogP contribution in [0.5, 0.6) is 0 Å². The third-order valence-corrected chi connectivity index (χ3v) is 7.37. The number of hydrogen-bond acceptors (Lipinski definition) is 5. The topological polar surface area (TPSA) is 109 Å². The van der Waals surface area contributed by atoms with E-state index >= 15 is 0 Å². The van der Waals surface area contributed by atoms with Crippen molar-refractivity contribution in [3.63, 3.8) is 0 Å². The molecule has 1 aliphatic rings. The molecule has 10 heteroatoms. The SMILES string of the molecule is CC(C)C(C(=O)NC1CCCC1)N(Cc1ccco1)C(=O)CNS(=O)(=O)c1ccc(Cl)cc1. The van der Waals surface area contributed by atoms with Gasteiger partial charge in [-0.1, -0.05) is 38.3 Å². The van der Waals surface area contributed by atoms with Gasteiger partial charge in [-0.25, -0.2) is 13.1 Å². The molecular formula is C23H30ClN3O5S. The van der Waals surface area contributed by atoms with Crippen LogP contribution in [0.3, 0.4) is 0 Å². The Kier molecular flexibility index (Phi) is 8.56. The molecule has 2 N–H and O–H groups in total. The lowest BCUT2D eigenvalue weighted by atomic mass is 10.00. The van der Waals surface area contributed by atoms with Crippen LogP contribution in [-0.2, 0) is 26.2 Å². The van der Waals surface area contributed by atoms with Gasteiger partial charge in [0, 0.05) is 11.1 Å². The van der Waals surface area contributed by atoms with E-state index in [-0.39, 0.29) is 29.3 Å². The Balaban J connectivity index is 1.78. The van der Waals surface area contributed by atoms with Crippen LogP contribution >= 0.6 is 11.6 Å². The van der Waals surface area contributed by atoms with E-state index in [1.807, 2.05) is 13.8 Å². The number of rotatable bonds is 10. The summed E-state index contributed by atoms with van der Waals surface area (Å²) in [4.78, 5) is 27.8. The molecule has 1 heterocycles. The van der Waals surface area contributed by atoms with Gasteiger partial charge in [0.05, 0.1) is 24.2 Å². The van der Waals surface area contributed by atoms with Gasteiger partial charge in [0.15, 0.2) is 0 Å². The molecule has 2 amide bonds. The highest BCUT2D eigenvalue weighted by atomic mass is 35.5. The van der Waals surface area contributed by atoms with Gasteiger partial charge in [-0.2, -0.15) is 0 Å². The van der Waals surface area contributed by atoms with Crippen molar-refractivity contribution in [3.05, 3.63) is 53.4 Å². The molecule has 33 heavy (non-hydrogen) atoms. The van der Waals surface area contributed by atoms with Crippen LogP contribution in [0.1, 0.15) is 45.3 Å². The zero-order chi connectivity index (χ0) is 24.0. The number of carbonyl (C=O) groups excluding carboxylic acids is 2. The Morgan fingerprint density at radius 1 is 1.15 bits per heavy atom. The van der Waals surface area contributed by atoms with Crippen LogP contribution in [0.15, 0.2) is 52.0 Å². The summed E-state index contributed by atoms with van der Waals surface area (Å²) in [6.45, 7) is 3.28. The quantitative estimate of drug-likeness (QED) is 0.525. The molecule has 0 bridgehead atoms. The van der Waals surface area contributed by atoms with Crippen LogP contribution in [0.2, 0.25) is 5.02 Å². The highest BCUT2D eigenvalue weighted by molar-refractivity contribution is 7.89. The second-order valence-corrected chi connectivity index (χ2v) is 10.8. The minimum Gasteiger partial charge on any atom is -0.467 e. The molecule has 2 aromatic rings. The predicted octanol–water partition coefficient (Wildman–Crippen LogP) is 3.32. The van der Waals surface area contributed by atoms with Gasteiger partial charge in [0.2, 0.25) is 21.8 Å². The molecule has 1 fully saturated rings. The third-order valence-electron chi connectivity index (χ3n) is 5.70. The number of carbonyl (C=O) groups is 2. The first-order valence-corrected chi connectivity index (χ1v) is 12.9. The standard InChI is InChI=1S/C23H30ClN3O5S/c1-16(2)22(23(29)26-18-6-3-4-7-18)27(15-19-8-5-13-32-19)21(28)14-25-33(30,31)20-11-9-17(24)10-12-20/h5,8-13,16,18,22,25H,3-4,6-7,14-15H2,1-2H3,(H,26,29). The fourth-order valence-electron chi connectivity index (χ4n) is 4.03. The zero-order valence-electron chi connectivity index (χ0n) is 18.8. The number of hydrogen-bond donors (Lipinski definition) is 2. The summed E-state index contributed by atoms with van der Waals surface area (Å²) in [6.07, 6.45) is 5.47. The summed E-state index contributed by atoms with van der Waals surface area (Å²) in [7, 11) is -3.93. The molecule has 0 aliphatic heterocycles. The van der Waals surface area contributed by atoms with Crippen molar-refractivity contribution in [2.45, 2.75) is 63.1 Å². The third kappa shape index (κ3) is 6.82. The monoisotopic (exact) mass is 495 g/mol.